The molecule has 0 amide bonds. The lowest BCUT2D eigenvalue weighted by molar-refractivity contribution is 0.840. The molecule has 0 aromatic carbocycles. The van der Waals surface area contributed by atoms with Gasteiger partial charge in [-0.15, -0.1) is 0 Å². The van der Waals surface area contributed by atoms with E-state index in [9.17, 15) is 0 Å². The van der Waals surface area contributed by atoms with Gasteiger partial charge in [0.25, 0.3) is 0 Å². The van der Waals surface area contributed by atoms with Crippen LogP contribution in [0.1, 0.15) is 5.82 Å². The molecule has 0 bridgehead atoms. The molecule has 2 aromatic rings. The summed E-state index contributed by atoms with van der Waals surface area (Å²) in [5, 5.41) is 0. The van der Waals surface area contributed by atoms with Gasteiger partial charge in [0.15, 0.2) is 0 Å². The third-order valence-corrected chi connectivity index (χ3v) is 3.11. The normalized spacial score (nSPS) is 10.5. The summed E-state index contributed by atoms with van der Waals surface area (Å²) in [6, 6.07) is 3.90. The summed E-state index contributed by atoms with van der Waals surface area (Å²) in [5.74, 6) is 0.990. The zero-order valence-corrected chi connectivity index (χ0v) is 9.62. The van der Waals surface area contributed by atoms with Gasteiger partial charge >= 0.3 is 0 Å². The topological polar surface area (TPSA) is 30.7 Å². The highest BCUT2D eigenvalue weighted by Crippen LogP contribution is 2.26. The Morgan fingerprint density at radius 1 is 1.29 bits per heavy atom. The minimum atomic E-state index is 0.965. The van der Waals surface area contributed by atoms with Gasteiger partial charge in [0, 0.05) is 25.0 Å². The van der Waals surface area contributed by atoms with Crippen LogP contribution >= 0.6 is 15.9 Å². The first-order chi connectivity index (χ1) is 6.70. The number of imidazole rings is 1. The first-order valence-electron chi connectivity index (χ1n) is 4.29. The first kappa shape index (κ1) is 9.40. The number of aryl methyl sites for hydroxylation is 1. The maximum Gasteiger partial charge on any atom is 0.112 e. The van der Waals surface area contributed by atoms with E-state index in [1.54, 1.807) is 12.4 Å². The van der Waals surface area contributed by atoms with E-state index in [0.29, 0.717) is 0 Å². The number of rotatable bonds is 1. The van der Waals surface area contributed by atoms with Crippen molar-refractivity contribution in [2.75, 3.05) is 0 Å². The smallest absolute Gasteiger partial charge is 0.112 e. The average molecular weight is 252 g/mol. The van der Waals surface area contributed by atoms with Crippen LogP contribution in [0.25, 0.3) is 11.3 Å². The molecule has 2 rings (SSSR count). The summed E-state index contributed by atoms with van der Waals surface area (Å²) in [5.41, 5.74) is 2.04. The first-order valence-corrected chi connectivity index (χ1v) is 5.08. The van der Waals surface area contributed by atoms with Crippen LogP contribution in [0.5, 0.6) is 0 Å². The molecule has 0 aliphatic heterocycles. The van der Waals surface area contributed by atoms with Crippen molar-refractivity contribution >= 4 is 15.9 Å². The summed E-state index contributed by atoms with van der Waals surface area (Å²) in [6.07, 6.45) is 3.54. The molecule has 0 N–H and O–H groups in total. The molecule has 0 saturated heterocycles. The summed E-state index contributed by atoms with van der Waals surface area (Å²) >= 11 is 3.52. The third-order valence-electron chi connectivity index (χ3n) is 2.20. The lowest BCUT2D eigenvalue weighted by atomic mass is 10.2. The standard InChI is InChI=1S/C10H10BrN3/c1-7-13-9(10(11)14(7)2)8-3-5-12-6-4-8/h3-6H,1-2H3. The molecule has 14 heavy (non-hydrogen) atoms. The van der Waals surface area contributed by atoms with Crippen LogP contribution in [0.3, 0.4) is 0 Å². The predicted octanol–water partition coefficient (Wildman–Crippen LogP) is 2.55. The Bertz CT molecular complexity index is 448. The fourth-order valence-corrected chi connectivity index (χ4v) is 1.85. The largest absolute Gasteiger partial charge is 0.326 e. The monoisotopic (exact) mass is 251 g/mol. The van der Waals surface area contributed by atoms with E-state index >= 15 is 0 Å². The van der Waals surface area contributed by atoms with Crippen molar-refractivity contribution in [2.45, 2.75) is 6.92 Å². The Morgan fingerprint density at radius 2 is 1.93 bits per heavy atom. The molecular formula is C10H10BrN3. The Balaban J connectivity index is 2.58. The molecule has 2 aromatic heterocycles. The Hall–Kier alpha value is -1.16. The van der Waals surface area contributed by atoms with E-state index in [2.05, 4.69) is 25.9 Å². The van der Waals surface area contributed by atoms with E-state index in [1.165, 1.54) is 0 Å². The minimum Gasteiger partial charge on any atom is -0.326 e. The van der Waals surface area contributed by atoms with Crippen LogP contribution in [0.15, 0.2) is 29.1 Å². The predicted molar refractivity (Wildman–Crippen MR) is 58.9 cm³/mol. The lowest BCUT2D eigenvalue weighted by Gasteiger charge is -1.97. The van der Waals surface area contributed by atoms with Gasteiger partial charge in [-0.25, -0.2) is 4.98 Å². The van der Waals surface area contributed by atoms with Crippen molar-refractivity contribution < 1.29 is 0 Å². The fraction of sp³-hybridized carbons (Fsp3) is 0.200. The second kappa shape index (κ2) is 3.53. The number of pyridine rings is 1. The molecule has 0 radical (unpaired) electrons. The van der Waals surface area contributed by atoms with Crippen LogP contribution in [0.4, 0.5) is 0 Å². The molecule has 4 heteroatoms. The molecule has 0 aliphatic rings. The van der Waals surface area contributed by atoms with Crippen molar-refractivity contribution in [2.24, 2.45) is 7.05 Å². The van der Waals surface area contributed by atoms with Crippen LogP contribution < -0.4 is 0 Å². The molecular weight excluding hydrogens is 242 g/mol. The summed E-state index contributed by atoms with van der Waals surface area (Å²) in [7, 11) is 1.98. The number of aromatic nitrogens is 3. The SMILES string of the molecule is Cc1nc(-c2ccncc2)c(Br)n1C. The highest BCUT2D eigenvalue weighted by Gasteiger charge is 2.10. The average Bonchev–Trinajstić information content (AvgIpc) is 2.47. The quantitative estimate of drug-likeness (QED) is 0.780. The lowest BCUT2D eigenvalue weighted by Crippen LogP contribution is -1.90. The molecule has 0 fully saturated rings. The fourth-order valence-electron chi connectivity index (χ4n) is 1.28. The van der Waals surface area contributed by atoms with Crippen molar-refractivity contribution in [3.8, 4) is 11.3 Å². The van der Waals surface area contributed by atoms with Gasteiger partial charge in [0.1, 0.15) is 16.1 Å². The van der Waals surface area contributed by atoms with Crippen LogP contribution in [0, 0.1) is 6.92 Å². The molecule has 0 atom stereocenters. The van der Waals surface area contributed by atoms with Crippen LogP contribution in [-0.4, -0.2) is 14.5 Å². The van der Waals surface area contributed by atoms with Gasteiger partial charge in [0.2, 0.25) is 0 Å². The summed E-state index contributed by atoms with van der Waals surface area (Å²) in [6.45, 7) is 1.98. The van der Waals surface area contributed by atoms with Crippen molar-refractivity contribution in [3.05, 3.63) is 35.0 Å². The molecule has 0 saturated carbocycles. The third kappa shape index (κ3) is 1.46. The molecule has 0 unspecified atom stereocenters. The van der Waals surface area contributed by atoms with Crippen LogP contribution in [-0.2, 0) is 7.05 Å². The molecule has 72 valence electrons. The number of nitrogens with zero attached hydrogens (tertiary/aromatic N) is 3. The van der Waals surface area contributed by atoms with E-state index in [0.717, 1.165) is 21.7 Å². The highest BCUT2D eigenvalue weighted by molar-refractivity contribution is 9.10. The van der Waals surface area contributed by atoms with Gasteiger partial charge in [-0.05, 0) is 35.0 Å². The Kier molecular flexibility index (Phi) is 2.37. The van der Waals surface area contributed by atoms with Crippen LogP contribution in [0.2, 0.25) is 0 Å². The molecule has 0 spiro atoms. The zero-order valence-electron chi connectivity index (χ0n) is 8.03. The summed E-state index contributed by atoms with van der Waals surface area (Å²) in [4.78, 5) is 8.45. The van der Waals surface area contributed by atoms with Crippen molar-refractivity contribution in [1.82, 2.24) is 14.5 Å². The molecule has 2 heterocycles. The van der Waals surface area contributed by atoms with E-state index in [1.807, 2.05) is 30.7 Å². The zero-order chi connectivity index (χ0) is 10.1. The van der Waals surface area contributed by atoms with Gasteiger partial charge in [-0.3, -0.25) is 4.98 Å². The second-order valence-electron chi connectivity index (χ2n) is 3.09. The second-order valence-corrected chi connectivity index (χ2v) is 3.84. The van der Waals surface area contributed by atoms with Gasteiger partial charge in [-0.2, -0.15) is 0 Å². The number of halogens is 1. The van der Waals surface area contributed by atoms with Crippen molar-refractivity contribution in [1.29, 1.82) is 0 Å². The Labute approximate surface area is 90.9 Å². The van der Waals surface area contributed by atoms with E-state index in [-0.39, 0.29) is 0 Å². The van der Waals surface area contributed by atoms with Crippen molar-refractivity contribution in [3.63, 3.8) is 0 Å². The maximum atomic E-state index is 4.47. The maximum absolute atomic E-state index is 4.47. The van der Waals surface area contributed by atoms with E-state index < -0.39 is 0 Å². The number of hydrogen-bond acceptors (Lipinski definition) is 2. The Morgan fingerprint density at radius 3 is 2.43 bits per heavy atom. The minimum absolute atomic E-state index is 0.965. The van der Waals surface area contributed by atoms with Gasteiger partial charge < -0.3 is 4.57 Å². The highest BCUT2D eigenvalue weighted by atomic mass is 79.9. The molecule has 3 nitrogen and oxygen atoms in total. The summed E-state index contributed by atoms with van der Waals surface area (Å²) < 4.78 is 3.01. The molecule has 0 aliphatic carbocycles. The number of hydrogen-bond donors (Lipinski definition) is 0. The van der Waals surface area contributed by atoms with Gasteiger partial charge in [-0.1, -0.05) is 0 Å². The van der Waals surface area contributed by atoms with E-state index in [4.69, 9.17) is 0 Å². The van der Waals surface area contributed by atoms with Gasteiger partial charge in [0.05, 0.1) is 0 Å².